The lowest BCUT2D eigenvalue weighted by Gasteiger charge is -2.11. The molecule has 1 saturated carbocycles. The van der Waals surface area contributed by atoms with E-state index in [9.17, 15) is 0 Å². The molecule has 3 rings (SSSR count). The largest absolute Gasteiger partial charge is 0.326 e. The van der Waals surface area contributed by atoms with Gasteiger partial charge in [-0.15, -0.1) is 5.10 Å². The number of nitrogens with two attached hydrogens (primary N) is 1. The van der Waals surface area contributed by atoms with E-state index in [2.05, 4.69) is 21.6 Å². The number of hydrogen-bond donors (Lipinski definition) is 1. The van der Waals surface area contributed by atoms with Crippen LogP contribution in [-0.2, 0) is 6.54 Å². The second-order valence-electron chi connectivity index (χ2n) is 4.76. The van der Waals surface area contributed by atoms with Crippen LogP contribution in [0.1, 0.15) is 37.3 Å². The van der Waals surface area contributed by atoms with Crippen molar-refractivity contribution in [1.29, 1.82) is 0 Å². The maximum atomic E-state index is 5.77. The molecule has 1 aliphatic carbocycles. The quantitative estimate of drug-likeness (QED) is 0.927. The topological polar surface area (TPSA) is 69.6 Å². The van der Waals surface area contributed by atoms with Gasteiger partial charge in [0.05, 0.1) is 6.04 Å². The maximum absolute atomic E-state index is 5.77. The molecule has 1 aromatic carbocycles. The molecule has 0 radical (unpaired) electrons. The summed E-state index contributed by atoms with van der Waals surface area (Å²) < 4.78 is 1.98. The number of hydrogen-bond acceptors (Lipinski definition) is 5. The van der Waals surface area contributed by atoms with Crippen molar-refractivity contribution in [3.05, 3.63) is 29.8 Å². The Morgan fingerprint density at radius 3 is 2.84 bits per heavy atom. The summed E-state index contributed by atoms with van der Waals surface area (Å²) in [6.07, 6.45) is 4.90. The van der Waals surface area contributed by atoms with Gasteiger partial charge in [0.2, 0.25) is 5.16 Å². The number of benzene rings is 1. The smallest absolute Gasteiger partial charge is 0.214 e. The van der Waals surface area contributed by atoms with E-state index in [0.717, 1.165) is 15.6 Å². The Hall–Kier alpha value is -1.40. The van der Waals surface area contributed by atoms with Gasteiger partial charge in [-0.25, -0.2) is 4.68 Å². The van der Waals surface area contributed by atoms with Crippen LogP contribution in [0, 0.1) is 0 Å². The van der Waals surface area contributed by atoms with E-state index in [-0.39, 0.29) is 0 Å². The van der Waals surface area contributed by atoms with Crippen LogP contribution in [0.5, 0.6) is 0 Å². The van der Waals surface area contributed by atoms with Crippen LogP contribution in [0.3, 0.4) is 0 Å². The molecule has 2 N–H and O–H groups in total. The van der Waals surface area contributed by atoms with Gasteiger partial charge in [-0.2, -0.15) is 0 Å². The average Bonchev–Trinajstić information content (AvgIpc) is 3.09. The Kier molecular flexibility index (Phi) is 3.79. The molecular weight excluding hydrogens is 258 g/mol. The lowest BCUT2D eigenvalue weighted by molar-refractivity contribution is 0.423. The molecule has 1 aromatic heterocycles. The molecule has 100 valence electrons. The molecule has 1 aliphatic rings. The minimum absolute atomic E-state index is 0.461. The van der Waals surface area contributed by atoms with Gasteiger partial charge >= 0.3 is 0 Å². The van der Waals surface area contributed by atoms with Crippen molar-refractivity contribution in [1.82, 2.24) is 20.2 Å². The number of tetrazole rings is 1. The van der Waals surface area contributed by atoms with E-state index in [0.29, 0.717) is 12.6 Å². The minimum atomic E-state index is 0.461. The first kappa shape index (κ1) is 12.6. The summed E-state index contributed by atoms with van der Waals surface area (Å²) in [6.45, 7) is 0.536. The second kappa shape index (κ2) is 5.71. The van der Waals surface area contributed by atoms with Crippen LogP contribution >= 0.6 is 11.8 Å². The second-order valence-corrected chi connectivity index (χ2v) is 5.77. The number of rotatable bonds is 4. The molecule has 19 heavy (non-hydrogen) atoms. The van der Waals surface area contributed by atoms with Crippen LogP contribution in [0.15, 0.2) is 34.3 Å². The van der Waals surface area contributed by atoms with Gasteiger partial charge in [-0.05, 0) is 46.7 Å². The van der Waals surface area contributed by atoms with Crippen molar-refractivity contribution in [3.8, 4) is 0 Å². The summed E-state index contributed by atoms with van der Waals surface area (Å²) in [5.74, 6) is 0. The molecule has 0 saturated heterocycles. The Balaban J connectivity index is 1.85. The van der Waals surface area contributed by atoms with Crippen molar-refractivity contribution in [3.63, 3.8) is 0 Å². The van der Waals surface area contributed by atoms with Gasteiger partial charge < -0.3 is 5.73 Å². The van der Waals surface area contributed by atoms with E-state index in [4.69, 9.17) is 5.73 Å². The lowest BCUT2D eigenvalue weighted by Crippen LogP contribution is -2.08. The SMILES string of the molecule is NCc1ccccc1Sc1nnnn1C1CCCC1. The number of nitrogens with zero attached hydrogens (tertiary/aromatic N) is 4. The molecule has 1 heterocycles. The van der Waals surface area contributed by atoms with Crippen LogP contribution in [-0.4, -0.2) is 20.2 Å². The lowest BCUT2D eigenvalue weighted by atomic mass is 10.2. The zero-order valence-corrected chi connectivity index (χ0v) is 11.5. The summed E-state index contributed by atoms with van der Waals surface area (Å²) in [7, 11) is 0. The third-order valence-corrected chi connectivity index (χ3v) is 4.60. The third-order valence-electron chi connectivity index (χ3n) is 3.53. The van der Waals surface area contributed by atoms with Crippen LogP contribution < -0.4 is 5.73 Å². The van der Waals surface area contributed by atoms with Crippen LogP contribution in [0.4, 0.5) is 0 Å². The standard InChI is InChI=1S/C13H17N5S/c14-9-10-5-1-4-8-12(10)19-13-15-16-17-18(13)11-6-2-3-7-11/h1,4-5,8,11H,2-3,6-7,9,14H2. The highest BCUT2D eigenvalue weighted by molar-refractivity contribution is 7.99. The van der Waals surface area contributed by atoms with Crippen molar-refractivity contribution in [2.75, 3.05) is 0 Å². The molecular formula is C13H17N5S. The fourth-order valence-electron chi connectivity index (χ4n) is 2.50. The molecule has 6 heteroatoms. The van der Waals surface area contributed by atoms with E-state index >= 15 is 0 Å². The van der Waals surface area contributed by atoms with Crippen LogP contribution in [0.2, 0.25) is 0 Å². The first-order valence-corrected chi connectivity index (χ1v) is 7.44. The molecule has 0 atom stereocenters. The molecule has 0 amide bonds. The van der Waals surface area contributed by atoms with Gasteiger partial charge in [0.15, 0.2) is 0 Å². The Morgan fingerprint density at radius 1 is 1.26 bits per heavy atom. The Labute approximate surface area is 116 Å². The van der Waals surface area contributed by atoms with E-state index in [1.54, 1.807) is 11.8 Å². The third kappa shape index (κ3) is 2.64. The van der Waals surface area contributed by atoms with E-state index < -0.39 is 0 Å². The predicted octanol–water partition coefficient (Wildman–Crippen LogP) is 2.40. The first-order valence-electron chi connectivity index (χ1n) is 6.62. The fraction of sp³-hybridized carbons (Fsp3) is 0.462. The maximum Gasteiger partial charge on any atom is 0.214 e. The Morgan fingerprint density at radius 2 is 2.05 bits per heavy atom. The summed E-state index contributed by atoms with van der Waals surface area (Å²) in [5, 5.41) is 13.0. The molecule has 1 fully saturated rings. The number of aromatic nitrogens is 4. The molecule has 2 aromatic rings. The summed E-state index contributed by atoms with van der Waals surface area (Å²) in [4.78, 5) is 1.14. The summed E-state index contributed by atoms with van der Waals surface area (Å²) in [6, 6.07) is 8.60. The zero-order valence-electron chi connectivity index (χ0n) is 10.7. The van der Waals surface area contributed by atoms with Gasteiger partial charge in [-0.3, -0.25) is 0 Å². The minimum Gasteiger partial charge on any atom is -0.326 e. The zero-order chi connectivity index (χ0) is 13.1. The molecule has 0 spiro atoms. The van der Waals surface area contributed by atoms with Crippen molar-refractivity contribution < 1.29 is 0 Å². The van der Waals surface area contributed by atoms with Gasteiger partial charge in [-0.1, -0.05) is 31.0 Å². The highest BCUT2D eigenvalue weighted by Gasteiger charge is 2.22. The molecule has 0 bridgehead atoms. The van der Waals surface area contributed by atoms with Gasteiger partial charge in [0, 0.05) is 11.4 Å². The summed E-state index contributed by atoms with van der Waals surface area (Å²) >= 11 is 1.61. The van der Waals surface area contributed by atoms with Crippen molar-refractivity contribution >= 4 is 11.8 Å². The van der Waals surface area contributed by atoms with Gasteiger partial charge in [0.25, 0.3) is 0 Å². The molecule has 5 nitrogen and oxygen atoms in total. The highest BCUT2D eigenvalue weighted by Crippen LogP contribution is 2.34. The normalized spacial score (nSPS) is 16.1. The van der Waals surface area contributed by atoms with Gasteiger partial charge in [0.1, 0.15) is 0 Å². The Bertz CT molecular complexity index is 547. The first-order chi connectivity index (χ1) is 9.38. The van der Waals surface area contributed by atoms with E-state index in [1.807, 2.05) is 22.9 Å². The molecule has 0 aliphatic heterocycles. The van der Waals surface area contributed by atoms with Crippen LogP contribution in [0.25, 0.3) is 0 Å². The summed E-state index contributed by atoms with van der Waals surface area (Å²) in [5.41, 5.74) is 6.90. The van der Waals surface area contributed by atoms with E-state index in [1.165, 1.54) is 25.7 Å². The average molecular weight is 275 g/mol. The predicted molar refractivity (Wildman–Crippen MR) is 73.8 cm³/mol. The fourth-order valence-corrected chi connectivity index (χ4v) is 3.48. The monoisotopic (exact) mass is 275 g/mol. The van der Waals surface area contributed by atoms with Crippen molar-refractivity contribution in [2.24, 2.45) is 5.73 Å². The van der Waals surface area contributed by atoms with Crippen molar-refractivity contribution in [2.45, 2.75) is 48.3 Å². The highest BCUT2D eigenvalue weighted by atomic mass is 32.2. The molecule has 0 unspecified atom stereocenters.